The summed E-state index contributed by atoms with van der Waals surface area (Å²) < 4.78 is 0. The predicted octanol–water partition coefficient (Wildman–Crippen LogP) is 2.25. The van der Waals surface area contributed by atoms with Gasteiger partial charge in [-0.3, -0.25) is 0 Å². The van der Waals surface area contributed by atoms with Gasteiger partial charge in [-0.2, -0.15) is 0 Å². The van der Waals surface area contributed by atoms with Gasteiger partial charge >= 0.3 is 23.1 Å². The summed E-state index contributed by atoms with van der Waals surface area (Å²) in [6, 6.07) is 0. The average molecular weight is 155 g/mol. The van der Waals surface area contributed by atoms with Crippen molar-refractivity contribution in [2.24, 2.45) is 5.41 Å². The molecule has 0 unspecified atom stereocenters. The maximum absolute atomic E-state index is 9.97. The van der Waals surface area contributed by atoms with Crippen LogP contribution in [0.5, 0.6) is 0 Å². The van der Waals surface area contributed by atoms with E-state index in [1.165, 1.54) is 0 Å². The molecule has 0 heterocycles. The molecular weight excluding hydrogens is 136 g/mol. The molecule has 0 bridgehead atoms. The molecular formula is C8H18MgO. The first-order valence-electron chi connectivity index (χ1n) is 3.56. The van der Waals surface area contributed by atoms with Crippen molar-refractivity contribution in [2.45, 2.75) is 40.0 Å². The Hall–Kier alpha value is 0.436. The summed E-state index contributed by atoms with van der Waals surface area (Å²) in [5.74, 6) is 0. The van der Waals surface area contributed by atoms with Crippen molar-refractivity contribution in [3.05, 3.63) is 0 Å². The van der Waals surface area contributed by atoms with E-state index in [9.17, 15) is 4.79 Å². The van der Waals surface area contributed by atoms with Gasteiger partial charge in [0.25, 0.3) is 0 Å². The first kappa shape index (κ1) is 13.1. The van der Waals surface area contributed by atoms with Crippen molar-refractivity contribution >= 4 is 29.3 Å². The molecule has 10 heavy (non-hydrogen) atoms. The van der Waals surface area contributed by atoms with Gasteiger partial charge in [-0.25, -0.2) is 0 Å². The molecule has 0 fully saturated rings. The zero-order chi connectivity index (χ0) is 7.33. The van der Waals surface area contributed by atoms with E-state index in [2.05, 4.69) is 20.8 Å². The number of aldehydes is 1. The molecule has 0 spiro atoms. The zero-order valence-electron chi connectivity index (χ0n) is 9.31. The molecule has 0 amide bonds. The summed E-state index contributed by atoms with van der Waals surface area (Å²) in [5, 5.41) is 0. The van der Waals surface area contributed by atoms with E-state index in [0.717, 1.165) is 19.1 Å². The van der Waals surface area contributed by atoms with Gasteiger partial charge in [0.2, 0.25) is 0 Å². The van der Waals surface area contributed by atoms with Crippen LogP contribution < -0.4 is 0 Å². The number of carbonyl (C=O) groups excluding carboxylic acids is 1. The molecule has 0 saturated heterocycles. The molecule has 2 heteroatoms. The summed E-state index contributed by atoms with van der Waals surface area (Å²) in [5.41, 5.74) is 0.362. The Bertz CT molecular complexity index is 97.1. The number of carbonyl (C=O) groups is 1. The Labute approximate surface area is 82.7 Å². The van der Waals surface area contributed by atoms with E-state index < -0.39 is 0 Å². The first-order valence-corrected chi connectivity index (χ1v) is 3.56. The van der Waals surface area contributed by atoms with E-state index in [-0.39, 0.29) is 25.9 Å². The van der Waals surface area contributed by atoms with Crippen molar-refractivity contribution in [1.82, 2.24) is 0 Å². The maximum Gasteiger partial charge on any atom is 2.00 e. The van der Waals surface area contributed by atoms with Crippen LogP contribution in [-0.2, 0) is 4.79 Å². The van der Waals surface area contributed by atoms with Gasteiger partial charge in [0.05, 0.1) is 0 Å². The predicted molar refractivity (Wildman–Crippen MR) is 47.3 cm³/mol. The molecule has 0 atom stereocenters. The molecule has 0 rings (SSSR count). The molecule has 0 saturated carbocycles. The van der Waals surface area contributed by atoms with Crippen molar-refractivity contribution in [1.29, 1.82) is 0 Å². The second-order valence-electron chi connectivity index (χ2n) is 3.22. The minimum absolute atomic E-state index is 0. The van der Waals surface area contributed by atoms with Crippen LogP contribution in [0, 0.1) is 5.41 Å². The van der Waals surface area contributed by atoms with Crippen LogP contribution in [0.15, 0.2) is 0 Å². The molecule has 1 nitrogen and oxygen atoms in total. The summed E-state index contributed by atoms with van der Waals surface area (Å²) in [6.07, 6.45) is 3.88. The van der Waals surface area contributed by atoms with Crippen LogP contribution in [0.4, 0.5) is 0 Å². The Kier molecular flexibility index (Phi) is 8.05. The summed E-state index contributed by atoms with van der Waals surface area (Å²) >= 11 is 0. The maximum atomic E-state index is 9.97. The largest absolute Gasteiger partial charge is 2.00 e. The van der Waals surface area contributed by atoms with Gasteiger partial charge in [-0.05, 0) is 11.8 Å². The molecule has 0 aliphatic heterocycles. The molecule has 0 aromatic rings. The van der Waals surface area contributed by atoms with Crippen LogP contribution >= 0.6 is 0 Å². The van der Waals surface area contributed by atoms with Gasteiger partial charge < -0.3 is 7.65 Å². The topological polar surface area (TPSA) is 17.1 Å². The van der Waals surface area contributed by atoms with Gasteiger partial charge in [0, 0.05) is 6.42 Å². The Balaban J connectivity index is -0.000000107. The van der Waals surface area contributed by atoms with Crippen molar-refractivity contribution < 1.29 is 7.65 Å². The standard InChI is InChI=1S/C8H16O.Mg.2H/c1-4-8(2,3)6-5-7-9;;;/h7H,4-6H2,1-3H3;;;/q;+2;2*-1. The van der Waals surface area contributed by atoms with Gasteiger partial charge in [-0.1, -0.05) is 27.2 Å². The molecule has 0 N–H and O–H groups in total. The molecule has 0 radical (unpaired) electrons. The molecule has 0 aliphatic carbocycles. The fraction of sp³-hybridized carbons (Fsp3) is 0.875. The third-order valence-electron chi connectivity index (χ3n) is 1.90. The Morgan fingerprint density at radius 2 is 2.00 bits per heavy atom. The van der Waals surface area contributed by atoms with E-state index in [1.807, 2.05) is 0 Å². The Morgan fingerprint density at radius 1 is 1.50 bits per heavy atom. The molecule has 0 aliphatic rings. The van der Waals surface area contributed by atoms with Crippen LogP contribution in [0.2, 0.25) is 0 Å². The minimum atomic E-state index is 0. The van der Waals surface area contributed by atoms with Crippen molar-refractivity contribution in [3.63, 3.8) is 0 Å². The summed E-state index contributed by atoms with van der Waals surface area (Å²) in [4.78, 5) is 9.97. The molecule has 58 valence electrons. The summed E-state index contributed by atoms with van der Waals surface area (Å²) in [7, 11) is 0. The van der Waals surface area contributed by atoms with Crippen LogP contribution in [0.1, 0.15) is 42.9 Å². The molecule has 0 aromatic carbocycles. The van der Waals surface area contributed by atoms with Crippen molar-refractivity contribution in [2.75, 3.05) is 0 Å². The van der Waals surface area contributed by atoms with Crippen molar-refractivity contribution in [3.8, 4) is 0 Å². The van der Waals surface area contributed by atoms with Crippen LogP contribution in [0.25, 0.3) is 0 Å². The third-order valence-corrected chi connectivity index (χ3v) is 1.90. The van der Waals surface area contributed by atoms with E-state index in [1.54, 1.807) is 0 Å². The number of hydrogen-bond acceptors (Lipinski definition) is 1. The summed E-state index contributed by atoms with van der Waals surface area (Å²) in [6.45, 7) is 6.54. The van der Waals surface area contributed by atoms with E-state index >= 15 is 0 Å². The second kappa shape index (κ2) is 6.17. The van der Waals surface area contributed by atoms with Gasteiger partial charge in [0.1, 0.15) is 6.29 Å². The SMILES string of the molecule is CCC(C)(C)CCC=O.[H-].[H-].[Mg+2]. The van der Waals surface area contributed by atoms with Crippen LogP contribution in [0.3, 0.4) is 0 Å². The zero-order valence-corrected chi connectivity index (χ0v) is 8.73. The first-order chi connectivity index (χ1) is 4.12. The average Bonchev–Trinajstić information content (AvgIpc) is 1.84. The smallest absolute Gasteiger partial charge is 1.00 e. The normalized spacial score (nSPS) is 10.3. The van der Waals surface area contributed by atoms with Crippen LogP contribution in [-0.4, -0.2) is 29.3 Å². The third kappa shape index (κ3) is 6.55. The Morgan fingerprint density at radius 3 is 2.30 bits per heavy atom. The van der Waals surface area contributed by atoms with Gasteiger partial charge in [0.15, 0.2) is 0 Å². The van der Waals surface area contributed by atoms with Gasteiger partial charge in [-0.15, -0.1) is 0 Å². The minimum Gasteiger partial charge on any atom is -1.00 e. The van der Waals surface area contributed by atoms with E-state index in [0.29, 0.717) is 11.8 Å². The quantitative estimate of drug-likeness (QED) is 0.448. The monoisotopic (exact) mass is 154 g/mol. The number of hydrogen-bond donors (Lipinski definition) is 0. The fourth-order valence-corrected chi connectivity index (χ4v) is 0.626. The molecule has 0 aromatic heterocycles. The second-order valence-corrected chi connectivity index (χ2v) is 3.22. The van der Waals surface area contributed by atoms with E-state index in [4.69, 9.17) is 0 Å². The fourth-order valence-electron chi connectivity index (χ4n) is 0.626. The number of rotatable bonds is 4.